The molecule has 3 N–H and O–H groups in total. The van der Waals surface area contributed by atoms with Crippen LogP contribution in [0, 0.1) is 6.92 Å². The van der Waals surface area contributed by atoms with E-state index in [-0.39, 0.29) is 36.2 Å². The molecule has 0 spiro atoms. The first-order valence-electron chi connectivity index (χ1n) is 11.0. The Balaban J connectivity index is 1.94. The van der Waals surface area contributed by atoms with Crippen molar-refractivity contribution in [2.45, 2.75) is 26.1 Å². The molecule has 1 atom stereocenters. The zero-order chi connectivity index (χ0) is 26.0. The van der Waals surface area contributed by atoms with Crippen LogP contribution < -0.4 is 20.5 Å². The zero-order valence-corrected chi connectivity index (χ0v) is 17.6. The van der Waals surface area contributed by atoms with E-state index in [1.165, 1.54) is 13.2 Å². The average Bonchev–Trinajstić information content (AvgIpc) is 2.74. The van der Waals surface area contributed by atoms with Crippen molar-refractivity contribution in [3.05, 3.63) is 41.2 Å². The largest absolute Gasteiger partial charge is 0.486 e. The lowest BCUT2D eigenvalue weighted by Crippen LogP contribution is -2.13. The van der Waals surface area contributed by atoms with Gasteiger partial charge in [-0.05, 0) is 37.6 Å². The molecule has 2 heterocycles. The molecule has 0 saturated carbocycles. The fourth-order valence-corrected chi connectivity index (χ4v) is 3.06. The smallest absolute Gasteiger partial charge is 0.416 e. The van der Waals surface area contributed by atoms with Gasteiger partial charge in [-0.3, -0.25) is 0 Å². The maximum Gasteiger partial charge on any atom is 0.416 e. The molecule has 0 saturated heterocycles. The van der Waals surface area contributed by atoms with Crippen molar-refractivity contribution in [1.29, 1.82) is 0 Å². The summed E-state index contributed by atoms with van der Waals surface area (Å²) in [5.74, 6) is 0.953. The van der Waals surface area contributed by atoms with Crippen molar-refractivity contribution < 1.29 is 31.5 Å². The van der Waals surface area contributed by atoms with E-state index in [1.54, 1.807) is 19.9 Å². The number of nitrogens with two attached hydrogens (primary N) is 1. The third kappa shape index (κ3) is 5.28. The highest BCUT2D eigenvalue weighted by Gasteiger charge is 2.31. The van der Waals surface area contributed by atoms with Gasteiger partial charge in [-0.25, -0.2) is 9.97 Å². The van der Waals surface area contributed by atoms with E-state index in [9.17, 15) is 13.2 Å². The quantitative estimate of drug-likeness (QED) is 0.387. The average molecular weight is 454 g/mol. The third-order valence-electron chi connectivity index (χ3n) is 4.53. The van der Waals surface area contributed by atoms with E-state index in [1.807, 2.05) is 0 Å². The molecule has 0 aliphatic carbocycles. The summed E-state index contributed by atoms with van der Waals surface area (Å²) in [5.41, 5.74) is 5.39. The summed E-state index contributed by atoms with van der Waals surface area (Å²) in [6.45, 7) is 3.00. The van der Waals surface area contributed by atoms with Crippen LogP contribution in [0.25, 0.3) is 11.0 Å². The summed E-state index contributed by atoms with van der Waals surface area (Å²) in [6.07, 6.45) is -4.54. The minimum Gasteiger partial charge on any atom is -0.486 e. The normalized spacial score (nSPS) is 14.4. The summed E-state index contributed by atoms with van der Waals surface area (Å²) in [4.78, 5) is 13.0. The van der Waals surface area contributed by atoms with Crippen LogP contribution in [0.5, 0.6) is 11.6 Å². The Bertz CT molecular complexity index is 1210. The number of fused-ring (bicyclic) bond motifs is 1. The number of hydrogen-bond donors (Lipinski definition) is 2. The Labute approximate surface area is 187 Å². The Kier molecular flexibility index (Phi) is 5.70. The predicted molar refractivity (Wildman–Crippen MR) is 114 cm³/mol. The predicted octanol–water partition coefficient (Wildman–Crippen LogP) is 4.14. The molecule has 11 heteroatoms. The van der Waals surface area contributed by atoms with Gasteiger partial charge in [0.1, 0.15) is 18.2 Å². The Morgan fingerprint density at radius 1 is 1.16 bits per heavy atom. The van der Waals surface area contributed by atoms with E-state index >= 15 is 0 Å². The van der Waals surface area contributed by atoms with E-state index in [0.29, 0.717) is 22.6 Å². The van der Waals surface area contributed by atoms with Crippen molar-refractivity contribution in [3.63, 3.8) is 0 Å². The number of nitrogen functional groups attached to an aromatic ring is 1. The number of aromatic nitrogens is 3. The molecule has 0 amide bonds. The topological polar surface area (TPSA) is 104 Å². The molecular formula is C21H24F3N5O3. The van der Waals surface area contributed by atoms with Gasteiger partial charge in [0.15, 0.2) is 11.4 Å². The zero-order valence-electron chi connectivity index (χ0n) is 20.6. The van der Waals surface area contributed by atoms with Gasteiger partial charge in [-0.2, -0.15) is 18.2 Å². The summed E-state index contributed by atoms with van der Waals surface area (Å²) < 4.78 is 76.4. The van der Waals surface area contributed by atoms with E-state index < -0.39 is 24.8 Å². The first-order chi connectivity index (χ1) is 16.3. The molecular weight excluding hydrogens is 427 g/mol. The summed E-state index contributed by atoms with van der Waals surface area (Å²) in [6, 6.07) is 4.27. The van der Waals surface area contributed by atoms with Crippen LogP contribution in [-0.2, 0) is 10.9 Å². The number of hydrogen-bond acceptors (Lipinski definition) is 8. The number of benzene rings is 1. The van der Waals surface area contributed by atoms with E-state index in [4.69, 9.17) is 19.3 Å². The highest BCUT2D eigenvalue weighted by Crippen LogP contribution is 2.35. The lowest BCUT2D eigenvalue weighted by Gasteiger charge is -2.19. The first-order valence-corrected chi connectivity index (χ1v) is 9.51. The van der Waals surface area contributed by atoms with Crippen LogP contribution in [0.4, 0.5) is 24.7 Å². The highest BCUT2D eigenvalue weighted by atomic mass is 19.4. The van der Waals surface area contributed by atoms with Crippen LogP contribution in [0.1, 0.15) is 34.0 Å². The molecule has 8 nitrogen and oxygen atoms in total. The molecule has 1 aromatic carbocycles. The minimum atomic E-state index is -4.54. The second-order valence-electron chi connectivity index (χ2n) is 6.94. The number of pyridine rings is 1. The monoisotopic (exact) mass is 454 g/mol. The van der Waals surface area contributed by atoms with Gasteiger partial charge >= 0.3 is 6.18 Å². The SMILES string of the molecule is [2H]C([2H])([2H])OCCOc1cc2c(N[C@H](C)c3cc(N)cc(C(F)(F)F)c3)nc(C)nc2nc1OC. The van der Waals surface area contributed by atoms with Crippen molar-refractivity contribution in [2.24, 2.45) is 0 Å². The summed E-state index contributed by atoms with van der Waals surface area (Å²) in [7, 11) is -1.17. The lowest BCUT2D eigenvalue weighted by atomic mass is 10.0. The highest BCUT2D eigenvalue weighted by molar-refractivity contribution is 5.88. The first kappa shape index (κ1) is 19.4. The maximum absolute atomic E-state index is 13.2. The second-order valence-corrected chi connectivity index (χ2v) is 6.94. The Morgan fingerprint density at radius 3 is 2.62 bits per heavy atom. The van der Waals surface area contributed by atoms with Crippen molar-refractivity contribution in [3.8, 4) is 11.6 Å². The Hall–Kier alpha value is -3.34. The summed E-state index contributed by atoms with van der Waals surface area (Å²) in [5, 5.41) is 3.50. The number of aryl methyl sites for hydroxylation is 1. The lowest BCUT2D eigenvalue weighted by molar-refractivity contribution is -0.137. The van der Waals surface area contributed by atoms with Crippen molar-refractivity contribution in [2.75, 3.05) is 38.4 Å². The van der Waals surface area contributed by atoms with Gasteiger partial charge in [0, 0.05) is 18.8 Å². The number of rotatable bonds is 8. The molecule has 0 aliphatic heterocycles. The molecule has 0 fully saturated rings. The minimum absolute atomic E-state index is 0.0198. The molecule has 2 aromatic heterocycles. The number of methoxy groups -OCH3 is 2. The Morgan fingerprint density at radius 2 is 1.94 bits per heavy atom. The number of halogens is 3. The number of nitrogens with zero attached hydrogens (tertiary/aromatic N) is 3. The molecule has 0 radical (unpaired) electrons. The molecule has 172 valence electrons. The van der Waals surface area contributed by atoms with Crippen LogP contribution in [0.3, 0.4) is 0 Å². The molecule has 3 aromatic rings. The summed E-state index contributed by atoms with van der Waals surface area (Å²) >= 11 is 0. The van der Waals surface area contributed by atoms with Crippen LogP contribution in [0.2, 0.25) is 0 Å². The number of anilines is 2. The molecule has 3 rings (SSSR count). The number of alkyl halides is 3. The van der Waals surface area contributed by atoms with Crippen LogP contribution in [0.15, 0.2) is 24.3 Å². The van der Waals surface area contributed by atoms with E-state index in [0.717, 1.165) is 12.1 Å². The van der Waals surface area contributed by atoms with Gasteiger partial charge in [-0.15, -0.1) is 0 Å². The van der Waals surface area contributed by atoms with Gasteiger partial charge in [0.2, 0.25) is 0 Å². The molecule has 32 heavy (non-hydrogen) atoms. The van der Waals surface area contributed by atoms with Crippen molar-refractivity contribution in [1.82, 2.24) is 15.0 Å². The number of ether oxygens (including phenoxy) is 3. The third-order valence-corrected chi connectivity index (χ3v) is 4.53. The standard InChI is InChI=1S/C21H24F3N5O3/c1-11(13-7-14(21(22,23)24)9-15(25)8-13)26-18-16-10-17(32-6-5-30-3)20(31-4)29-19(16)28-12(2)27-18/h7-11H,5-6,25H2,1-4H3,(H,26,27,28,29)/t11-/m1/s1/i3D3. The molecule has 0 unspecified atom stereocenters. The van der Waals surface area contributed by atoms with Crippen LogP contribution in [-0.4, -0.2) is 42.3 Å². The molecule has 0 bridgehead atoms. The second kappa shape index (κ2) is 9.43. The van der Waals surface area contributed by atoms with E-state index in [2.05, 4.69) is 25.0 Å². The van der Waals surface area contributed by atoms with Crippen LogP contribution >= 0.6 is 0 Å². The fourth-order valence-electron chi connectivity index (χ4n) is 3.06. The number of nitrogens with one attached hydrogen (secondary N) is 1. The van der Waals surface area contributed by atoms with Gasteiger partial charge in [-0.1, -0.05) is 0 Å². The molecule has 0 aliphatic rings. The maximum atomic E-state index is 13.2. The van der Waals surface area contributed by atoms with Crippen molar-refractivity contribution >= 4 is 22.5 Å². The van der Waals surface area contributed by atoms with Gasteiger partial charge in [0.05, 0.1) is 34.8 Å². The fraction of sp³-hybridized carbons (Fsp3) is 0.381. The van der Waals surface area contributed by atoms with Gasteiger partial charge in [0.25, 0.3) is 5.88 Å². The van der Waals surface area contributed by atoms with Gasteiger partial charge < -0.3 is 25.3 Å².